The van der Waals surface area contributed by atoms with Gasteiger partial charge in [0.2, 0.25) is 0 Å². The van der Waals surface area contributed by atoms with Crippen molar-refractivity contribution in [1.29, 1.82) is 0 Å². The number of carbonyl (C=O) groups is 1. The Hall–Kier alpha value is -2.49. The van der Waals surface area contributed by atoms with Crippen molar-refractivity contribution >= 4 is 11.6 Å². The molecule has 0 aliphatic heterocycles. The van der Waals surface area contributed by atoms with Gasteiger partial charge in [-0.25, -0.2) is 5.43 Å². The normalized spacial score (nSPS) is 11.2. The molecule has 1 amide bonds. The van der Waals surface area contributed by atoms with E-state index in [1.807, 2.05) is 19.1 Å². The first kappa shape index (κ1) is 14.9. The molecular formula is C17H19N3O. The van der Waals surface area contributed by atoms with E-state index in [2.05, 4.69) is 34.6 Å². The summed E-state index contributed by atoms with van der Waals surface area (Å²) < 4.78 is 0. The van der Waals surface area contributed by atoms with E-state index in [1.165, 1.54) is 5.56 Å². The number of hydrogen-bond acceptors (Lipinski definition) is 3. The minimum absolute atomic E-state index is 0.308. The lowest BCUT2D eigenvalue weighted by Gasteiger charge is -2.04. The summed E-state index contributed by atoms with van der Waals surface area (Å²) in [6.45, 7) is 4.03. The fraction of sp³-hybridized carbons (Fsp3) is 0.235. The van der Waals surface area contributed by atoms with Crippen LogP contribution < -0.4 is 5.43 Å². The van der Waals surface area contributed by atoms with E-state index >= 15 is 0 Å². The van der Waals surface area contributed by atoms with E-state index in [4.69, 9.17) is 0 Å². The number of aromatic nitrogens is 1. The molecular weight excluding hydrogens is 262 g/mol. The Bertz CT molecular complexity index is 618. The molecule has 1 aromatic heterocycles. The van der Waals surface area contributed by atoms with Gasteiger partial charge in [0.1, 0.15) is 5.69 Å². The van der Waals surface area contributed by atoms with Crippen molar-refractivity contribution in [2.24, 2.45) is 5.10 Å². The van der Waals surface area contributed by atoms with Crippen molar-refractivity contribution in [3.63, 3.8) is 0 Å². The number of aryl methyl sites for hydroxylation is 1. The van der Waals surface area contributed by atoms with Crippen molar-refractivity contribution in [3.05, 3.63) is 65.5 Å². The fourth-order valence-electron chi connectivity index (χ4n) is 1.95. The van der Waals surface area contributed by atoms with Crippen LogP contribution in [0.25, 0.3) is 0 Å². The lowest BCUT2D eigenvalue weighted by Crippen LogP contribution is -2.20. The SMILES string of the molecule is CCCc1ccc(C(C)=NNC(=O)c2ccccn2)cc1. The van der Waals surface area contributed by atoms with Gasteiger partial charge in [-0.1, -0.05) is 43.7 Å². The first-order valence-corrected chi connectivity index (χ1v) is 7.05. The quantitative estimate of drug-likeness (QED) is 0.676. The molecule has 2 rings (SSSR count). The Labute approximate surface area is 124 Å². The highest BCUT2D eigenvalue weighted by Gasteiger charge is 2.05. The molecule has 0 aliphatic rings. The number of benzene rings is 1. The maximum atomic E-state index is 11.8. The molecule has 0 fully saturated rings. The fourth-order valence-corrected chi connectivity index (χ4v) is 1.95. The van der Waals surface area contributed by atoms with Crippen molar-refractivity contribution in [1.82, 2.24) is 10.4 Å². The number of pyridine rings is 1. The predicted molar refractivity (Wildman–Crippen MR) is 84.4 cm³/mol. The molecule has 4 heteroatoms. The van der Waals surface area contributed by atoms with E-state index in [0.717, 1.165) is 24.1 Å². The molecule has 1 heterocycles. The Balaban J connectivity index is 2.02. The first-order valence-electron chi connectivity index (χ1n) is 7.05. The summed E-state index contributed by atoms with van der Waals surface area (Å²) in [5.41, 5.74) is 5.95. The van der Waals surface area contributed by atoms with Gasteiger partial charge in [0.05, 0.1) is 5.71 Å². The Kier molecular flexibility index (Phi) is 5.21. The highest BCUT2D eigenvalue weighted by molar-refractivity contribution is 6.00. The summed E-state index contributed by atoms with van der Waals surface area (Å²) in [6.07, 6.45) is 3.79. The summed E-state index contributed by atoms with van der Waals surface area (Å²) in [5, 5.41) is 4.12. The van der Waals surface area contributed by atoms with E-state index in [-0.39, 0.29) is 5.91 Å². The second-order valence-corrected chi connectivity index (χ2v) is 4.80. The molecule has 0 spiro atoms. The van der Waals surface area contributed by atoms with Gasteiger partial charge in [-0.2, -0.15) is 5.10 Å². The van der Waals surface area contributed by atoms with Crippen LogP contribution in [0.15, 0.2) is 53.8 Å². The van der Waals surface area contributed by atoms with Crippen molar-refractivity contribution in [2.75, 3.05) is 0 Å². The van der Waals surface area contributed by atoms with Crippen LogP contribution in [0.5, 0.6) is 0 Å². The minimum atomic E-state index is -0.308. The largest absolute Gasteiger partial charge is 0.289 e. The van der Waals surface area contributed by atoms with E-state index < -0.39 is 0 Å². The molecule has 108 valence electrons. The van der Waals surface area contributed by atoms with Crippen LogP contribution in [-0.4, -0.2) is 16.6 Å². The van der Waals surface area contributed by atoms with E-state index in [1.54, 1.807) is 24.4 Å². The molecule has 4 nitrogen and oxygen atoms in total. The number of hydrogen-bond donors (Lipinski definition) is 1. The van der Waals surface area contributed by atoms with Crippen LogP contribution in [-0.2, 0) is 6.42 Å². The summed E-state index contributed by atoms with van der Waals surface area (Å²) in [4.78, 5) is 15.8. The van der Waals surface area contributed by atoms with Crippen LogP contribution in [0.2, 0.25) is 0 Å². The van der Waals surface area contributed by atoms with Crippen LogP contribution >= 0.6 is 0 Å². The van der Waals surface area contributed by atoms with Gasteiger partial charge in [0, 0.05) is 6.20 Å². The highest BCUT2D eigenvalue weighted by Crippen LogP contribution is 2.07. The Morgan fingerprint density at radius 3 is 2.57 bits per heavy atom. The van der Waals surface area contributed by atoms with Crippen molar-refractivity contribution in [3.8, 4) is 0 Å². The summed E-state index contributed by atoms with van der Waals surface area (Å²) in [5.74, 6) is -0.308. The molecule has 1 aromatic carbocycles. The molecule has 21 heavy (non-hydrogen) atoms. The third-order valence-corrected chi connectivity index (χ3v) is 3.13. The predicted octanol–water partition coefficient (Wildman–Crippen LogP) is 3.19. The van der Waals surface area contributed by atoms with Crippen LogP contribution in [0.3, 0.4) is 0 Å². The minimum Gasteiger partial charge on any atom is -0.266 e. The Morgan fingerprint density at radius 1 is 1.19 bits per heavy atom. The highest BCUT2D eigenvalue weighted by atomic mass is 16.2. The molecule has 0 saturated heterocycles. The van der Waals surface area contributed by atoms with E-state index in [9.17, 15) is 4.79 Å². The number of hydrazone groups is 1. The zero-order chi connectivity index (χ0) is 15.1. The van der Waals surface area contributed by atoms with E-state index in [0.29, 0.717) is 5.69 Å². The zero-order valence-corrected chi connectivity index (χ0v) is 12.3. The zero-order valence-electron chi connectivity index (χ0n) is 12.3. The standard InChI is InChI=1S/C17H19N3O/c1-3-6-14-8-10-15(11-9-14)13(2)19-20-17(21)16-7-4-5-12-18-16/h4-5,7-12H,3,6H2,1-2H3,(H,20,21). The van der Waals surface area contributed by atoms with Gasteiger partial charge in [-0.15, -0.1) is 0 Å². The van der Waals surface area contributed by atoms with Gasteiger partial charge < -0.3 is 0 Å². The lowest BCUT2D eigenvalue weighted by molar-refractivity contribution is 0.0950. The molecule has 1 N–H and O–H groups in total. The van der Waals surface area contributed by atoms with Crippen molar-refractivity contribution in [2.45, 2.75) is 26.7 Å². The number of nitrogens with zero attached hydrogens (tertiary/aromatic N) is 2. The molecule has 0 unspecified atom stereocenters. The van der Waals surface area contributed by atoms with Gasteiger partial charge in [0.25, 0.3) is 5.91 Å². The molecule has 0 saturated carbocycles. The van der Waals surface area contributed by atoms with Gasteiger partial charge in [-0.05, 0) is 36.6 Å². The summed E-state index contributed by atoms with van der Waals surface area (Å²) in [7, 11) is 0. The number of nitrogens with one attached hydrogen (secondary N) is 1. The maximum absolute atomic E-state index is 11.8. The Morgan fingerprint density at radius 2 is 1.95 bits per heavy atom. The summed E-state index contributed by atoms with van der Waals surface area (Å²) >= 11 is 0. The second kappa shape index (κ2) is 7.33. The van der Waals surface area contributed by atoms with Gasteiger partial charge >= 0.3 is 0 Å². The van der Waals surface area contributed by atoms with Crippen LogP contribution in [0.1, 0.15) is 41.9 Å². The smallest absolute Gasteiger partial charge is 0.266 e. The topological polar surface area (TPSA) is 54.4 Å². The number of rotatable bonds is 5. The summed E-state index contributed by atoms with van der Waals surface area (Å²) in [6, 6.07) is 13.4. The molecule has 2 aromatic rings. The maximum Gasteiger partial charge on any atom is 0.289 e. The first-order chi connectivity index (χ1) is 10.2. The number of amides is 1. The van der Waals surface area contributed by atoms with Gasteiger partial charge in [-0.3, -0.25) is 9.78 Å². The average Bonchev–Trinajstić information content (AvgIpc) is 2.54. The second-order valence-electron chi connectivity index (χ2n) is 4.80. The third-order valence-electron chi connectivity index (χ3n) is 3.13. The monoisotopic (exact) mass is 281 g/mol. The molecule has 0 radical (unpaired) electrons. The third kappa shape index (κ3) is 4.24. The average molecular weight is 281 g/mol. The molecule has 0 atom stereocenters. The lowest BCUT2D eigenvalue weighted by atomic mass is 10.1. The number of carbonyl (C=O) groups excluding carboxylic acids is 1. The van der Waals surface area contributed by atoms with Gasteiger partial charge in [0.15, 0.2) is 0 Å². The molecule has 0 aliphatic carbocycles. The van der Waals surface area contributed by atoms with Crippen LogP contribution in [0, 0.1) is 0 Å². The van der Waals surface area contributed by atoms with Crippen LogP contribution in [0.4, 0.5) is 0 Å². The van der Waals surface area contributed by atoms with Crippen molar-refractivity contribution < 1.29 is 4.79 Å². The molecule has 0 bridgehead atoms.